The van der Waals surface area contributed by atoms with Crippen molar-refractivity contribution in [3.8, 4) is 5.88 Å². The number of aryl methyl sites for hydroxylation is 1. The van der Waals surface area contributed by atoms with E-state index in [1.165, 1.54) is 25.7 Å². The van der Waals surface area contributed by atoms with Gasteiger partial charge < -0.3 is 9.47 Å². The van der Waals surface area contributed by atoms with E-state index in [1.54, 1.807) is 6.20 Å². The molecule has 3 heterocycles. The van der Waals surface area contributed by atoms with Crippen LogP contribution in [0, 0.1) is 6.92 Å². The second-order valence-corrected chi connectivity index (χ2v) is 6.83. The lowest BCUT2D eigenvalue weighted by molar-refractivity contribution is -0.00912. The molecule has 122 valence electrons. The molecular weight excluding hydrogens is 278 g/mol. The molecule has 2 aliphatic rings. The molecule has 5 nitrogen and oxygen atoms in total. The van der Waals surface area contributed by atoms with Gasteiger partial charge >= 0.3 is 0 Å². The minimum Gasteiger partial charge on any atom is -0.476 e. The van der Waals surface area contributed by atoms with Crippen molar-refractivity contribution in [2.75, 3.05) is 19.8 Å². The number of rotatable bonds is 6. The van der Waals surface area contributed by atoms with E-state index < -0.39 is 0 Å². The van der Waals surface area contributed by atoms with Crippen LogP contribution in [0.5, 0.6) is 5.88 Å². The standard InChI is InChI=1S/C17H27N3O2/c1-13(2)22-12-17-7-4-10-20(17)15(5-8-17)11-21-16-6-9-18-14(3)19-16/h6,9,13,15H,4-5,7-8,10-12H2,1-3H3/t15-,17-/m0/s1. The highest BCUT2D eigenvalue weighted by molar-refractivity contribution is 5.09. The van der Waals surface area contributed by atoms with Crippen molar-refractivity contribution in [3.05, 3.63) is 18.1 Å². The molecule has 2 aliphatic heterocycles. The molecule has 5 heteroatoms. The van der Waals surface area contributed by atoms with Gasteiger partial charge in [-0.2, -0.15) is 4.98 Å². The van der Waals surface area contributed by atoms with Gasteiger partial charge in [0.15, 0.2) is 0 Å². The van der Waals surface area contributed by atoms with Gasteiger partial charge in [0.25, 0.3) is 0 Å². The Kier molecular flexibility index (Phi) is 4.64. The summed E-state index contributed by atoms with van der Waals surface area (Å²) in [7, 11) is 0. The maximum absolute atomic E-state index is 5.95. The molecule has 0 N–H and O–H groups in total. The Morgan fingerprint density at radius 3 is 3.05 bits per heavy atom. The molecule has 3 rings (SSSR count). The molecule has 1 aromatic rings. The van der Waals surface area contributed by atoms with Crippen molar-refractivity contribution in [1.82, 2.24) is 14.9 Å². The lowest BCUT2D eigenvalue weighted by Crippen LogP contribution is -2.47. The molecule has 0 amide bonds. The summed E-state index contributed by atoms with van der Waals surface area (Å²) in [6.07, 6.45) is 6.98. The van der Waals surface area contributed by atoms with Gasteiger partial charge in [0.1, 0.15) is 12.4 Å². The van der Waals surface area contributed by atoms with Gasteiger partial charge in [0.05, 0.1) is 12.7 Å². The normalized spacial score (nSPS) is 28.3. The fourth-order valence-electron chi connectivity index (χ4n) is 3.81. The number of ether oxygens (including phenoxy) is 2. The van der Waals surface area contributed by atoms with Crippen LogP contribution in [0.3, 0.4) is 0 Å². The third kappa shape index (κ3) is 3.25. The van der Waals surface area contributed by atoms with Crippen molar-refractivity contribution in [2.45, 2.75) is 64.1 Å². The Labute approximate surface area is 133 Å². The van der Waals surface area contributed by atoms with Gasteiger partial charge in [-0.1, -0.05) is 0 Å². The number of aromatic nitrogens is 2. The maximum atomic E-state index is 5.95. The van der Waals surface area contributed by atoms with E-state index in [0.717, 1.165) is 19.0 Å². The van der Waals surface area contributed by atoms with Crippen LogP contribution >= 0.6 is 0 Å². The molecule has 2 atom stereocenters. The predicted octanol–water partition coefficient (Wildman–Crippen LogP) is 2.59. The predicted molar refractivity (Wildman–Crippen MR) is 85.0 cm³/mol. The Morgan fingerprint density at radius 1 is 1.41 bits per heavy atom. The number of fused-ring (bicyclic) bond motifs is 1. The Morgan fingerprint density at radius 2 is 2.27 bits per heavy atom. The molecule has 0 saturated carbocycles. The van der Waals surface area contributed by atoms with Crippen LogP contribution in [0.4, 0.5) is 0 Å². The molecule has 0 radical (unpaired) electrons. The zero-order valence-electron chi connectivity index (χ0n) is 13.9. The zero-order valence-corrected chi connectivity index (χ0v) is 13.9. The van der Waals surface area contributed by atoms with Gasteiger partial charge in [-0.25, -0.2) is 4.98 Å². The summed E-state index contributed by atoms with van der Waals surface area (Å²) in [6, 6.07) is 2.31. The second kappa shape index (κ2) is 6.50. The first kappa shape index (κ1) is 15.7. The smallest absolute Gasteiger partial charge is 0.216 e. The maximum Gasteiger partial charge on any atom is 0.216 e. The van der Waals surface area contributed by atoms with Crippen LogP contribution in [0.25, 0.3) is 0 Å². The van der Waals surface area contributed by atoms with Crippen LogP contribution in [0.15, 0.2) is 12.3 Å². The SMILES string of the molecule is Cc1nccc(OC[C@@H]2CC[C@]3(COC(C)C)CCCN23)n1. The van der Waals surface area contributed by atoms with Crippen LogP contribution in [-0.2, 0) is 4.74 Å². The van der Waals surface area contributed by atoms with Crippen LogP contribution in [0.2, 0.25) is 0 Å². The van der Waals surface area contributed by atoms with Gasteiger partial charge in [-0.3, -0.25) is 4.90 Å². The van der Waals surface area contributed by atoms with Gasteiger partial charge in [0.2, 0.25) is 5.88 Å². The van der Waals surface area contributed by atoms with Crippen LogP contribution < -0.4 is 4.74 Å². The summed E-state index contributed by atoms with van der Waals surface area (Å²) in [5.74, 6) is 1.44. The topological polar surface area (TPSA) is 47.5 Å². The molecular formula is C17H27N3O2. The molecule has 0 unspecified atom stereocenters. The van der Waals surface area contributed by atoms with Gasteiger partial charge in [-0.15, -0.1) is 0 Å². The van der Waals surface area contributed by atoms with E-state index in [2.05, 4.69) is 28.7 Å². The highest BCUT2D eigenvalue weighted by Crippen LogP contribution is 2.42. The third-order valence-electron chi connectivity index (χ3n) is 4.89. The molecule has 0 aromatic carbocycles. The second-order valence-electron chi connectivity index (χ2n) is 6.83. The van der Waals surface area contributed by atoms with E-state index in [-0.39, 0.29) is 5.54 Å². The van der Waals surface area contributed by atoms with E-state index in [0.29, 0.717) is 24.6 Å². The average Bonchev–Trinajstić information content (AvgIpc) is 3.02. The largest absolute Gasteiger partial charge is 0.476 e. The van der Waals surface area contributed by atoms with E-state index in [9.17, 15) is 0 Å². The minimum atomic E-state index is 0.250. The molecule has 2 saturated heterocycles. The fourth-order valence-corrected chi connectivity index (χ4v) is 3.81. The average molecular weight is 305 g/mol. The third-order valence-corrected chi connectivity index (χ3v) is 4.89. The highest BCUT2D eigenvalue weighted by atomic mass is 16.5. The zero-order chi connectivity index (χ0) is 15.6. The van der Waals surface area contributed by atoms with Crippen LogP contribution in [-0.4, -0.2) is 52.3 Å². The van der Waals surface area contributed by atoms with E-state index in [4.69, 9.17) is 9.47 Å². The highest BCUT2D eigenvalue weighted by Gasteiger charge is 2.49. The van der Waals surface area contributed by atoms with Crippen molar-refractivity contribution >= 4 is 0 Å². The molecule has 0 bridgehead atoms. The van der Waals surface area contributed by atoms with Crippen molar-refractivity contribution in [2.24, 2.45) is 0 Å². The molecule has 0 spiro atoms. The Hall–Kier alpha value is -1.20. The quantitative estimate of drug-likeness (QED) is 0.808. The lowest BCUT2D eigenvalue weighted by Gasteiger charge is -2.35. The number of hydrogen-bond donors (Lipinski definition) is 0. The summed E-state index contributed by atoms with van der Waals surface area (Å²) in [4.78, 5) is 11.1. The number of nitrogens with zero attached hydrogens (tertiary/aromatic N) is 3. The summed E-state index contributed by atoms with van der Waals surface area (Å²) in [5.41, 5.74) is 0.250. The number of hydrogen-bond acceptors (Lipinski definition) is 5. The lowest BCUT2D eigenvalue weighted by atomic mass is 9.95. The summed E-state index contributed by atoms with van der Waals surface area (Å²) >= 11 is 0. The molecule has 1 aromatic heterocycles. The first-order valence-corrected chi connectivity index (χ1v) is 8.40. The summed E-state index contributed by atoms with van der Waals surface area (Å²) in [6.45, 7) is 8.84. The fraction of sp³-hybridized carbons (Fsp3) is 0.765. The monoisotopic (exact) mass is 305 g/mol. The first-order chi connectivity index (χ1) is 10.6. The Balaban J connectivity index is 1.59. The van der Waals surface area contributed by atoms with E-state index in [1.807, 2.05) is 13.0 Å². The molecule has 2 fully saturated rings. The first-order valence-electron chi connectivity index (χ1n) is 8.40. The molecule has 0 aliphatic carbocycles. The minimum absolute atomic E-state index is 0.250. The van der Waals surface area contributed by atoms with Crippen molar-refractivity contribution < 1.29 is 9.47 Å². The van der Waals surface area contributed by atoms with Crippen molar-refractivity contribution in [1.29, 1.82) is 0 Å². The van der Waals surface area contributed by atoms with Crippen LogP contribution in [0.1, 0.15) is 45.4 Å². The van der Waals surface area contributed by atoms with E-state index >= 15 is 0 Å². The van der Waals surface area contributed by atoms with Gasteiger partial charge in [-0.05, 0) is 53.0 Å². The summed E-state index contributed by atoms with van der Waals surface area (Å²) in [5, 5.41) is 0. The summed E-state index contributed by atoms with van der Waals surface area (Å²) < 4.78 is 11.9. The van der Waals surface area contributed by atoms with Gasteiger partial charge in [0, 0.05) is 23.8 Å². The van der Waals surface area contributed by atoms with Crippen molar-refractivity contribution in [3.63, 3.8) is 0 Å². The Bertz CT molecular complexity index is 508. The molecule has 22 heavy (non-hydrogen) atoms.